The summed E-state index contributed by atoms with van der Waals surface area (Å²) in [4.78, 5) is 26.4. The van der Waals surface area contributed by atoms with Crippen LogP contribution in [-0.2, 0) is 9.59 Å². The molecule has 2 amide bonds. The minimum atomic E-state index is -0.147. The number of amides is 2. The van der Waals surface area contributed by atoms with E-state index >= 15 is 0 Å². The fourth-order valence-corrected chi connectivity index (χ4v) is 3.46. The molecule has 30 heavy (non-hydrogen) atoms. The van der Waals surface area contributed by atoms with Crippen LogP contribution in [0, 0.1) is 13.8 Å². The number of ether oxygens (including phenoxy) is 2. The molecule has 1 N–H and O–H groups in total. The van der Waals surface area contributed by atoms with Crippen LogP contribution < -0.4 is 14.8 Å². The quantitative estimate of drug-likeness (QED) is 0.729. The normalized spacial score (nSPS) is 14.3. The van der Waals surface area contributed by atoms with Crippen molar-refractivity contribution in [2.24, 2.45) is 0 Å². The number of benzene rings is 2. The summed E-state index contributed by atoms with van der Waals surface area (Å²) in [5.74, 6) is 1.13. The van der Waals surface area contributed by atoms with Gasteiger partial charge in [-0.1, -0.05) is 23.7 Å². The van der Waals surface area contributed by atoms with Crippen LogP contribution >= 0.6 is 11.6 Å². The maximum Gasteiger partial charge on any atom is 0.260 e. The largest absolute Gasteiger partial charge is 0.484 e. The average molecular weight is 431 g/mol. The maximum atomic E-state index is 12.4. The molecule has 1 aliphatic heterocycles. The highest BCUT2D eigenvalue weighted by Gasteiger charge is 2.24. The van der Waals surface area contributed by atoms with Gasteiger partial charge >= 0.3 is 0 Å². The average Bonchev–Trinajstić information content (AvgIpc) is 2.74. The molecule has 0 atom stereocenters. The van der Waals surface area contributed by atoms with Gasteiger partial charge in [0, 0.05) is 24.2 Å². The van der Waals surface area contributed by atoms with E-state index in [2.05, 4.69) is 5.32 Å². The summed E-state index contributed by atoms with van der Waals surface area (Å²) in [6, 6.07) is 12.7. The number of carbonyl (C=O) groups is 2. The Labute approximate surface area is 182 Å². The highest BCUT2D eigenvalue weighted by Crippen LogP contribution is 2.20. The number of rotatable bonds is 7. The molecule has 0 bridgehead atoms. The zero-order valence-electron chi connectivity index (χ0n) is 17.3. The van der Waals surface area contributed by atoms with Crippen molar-refractivity contribution >= 4 is 23.4 Å². The SMILES string of the molecule is Cc1cccc(OCC(=O)NC2CCN(C(=O)COc3ccc(Cl)cc3)CC2)c1C. The monoisotopic (exact) mass is 430 g/mol. The Bertz CT molecular complexity index is 877. The second-order valence-electron chi connectivity index (χ2n) is 7.45. The second-order valence-corrected chi connectivity index (χ2v) is 7.89. The molecule has 1 heterocycles. The Kier molecular flexibility index (Phi) is 7.57. The summed E-state index contributed by atoms with van der Waals surface area (Å²) in [7, 11) is 0. The van der Waals surface area contributed by atoms with E-state index in [1.165, 1.54) is 0 Å². The van der Waals surface area contributed by atoms with Gasteiger partial charge in [-0.25, -0.2) is 0 Å². The minimum absolute atomic E-state index is 0.0116. The maximum absolute atomic E-state index is 12.4. The van der Waals surface area contributed by atoms with Crippen LogP contribution in [0.5, 0.6) is 11.5 Å². The lowest BCUT2D eigenvalue weighted by Gasteiger charge is -2.32. The lowest BCUT2D eigenvalue weighted by molar-refractivity contribution is -0.134. The van der Waals surface area contributed by atoms with Crippen molar-refractivity contribution in [1.82, 2.24) is 10.2 Å². The predicted octanol–water partition coefficient (Wildman–Crippen LogP) is 3.52. The van der Waals surface area contributed by atoms with Crippen molar-refractivity contribution in [3.8, 4) is 11.5 Å². The Morgan fingerprint density at radius 2 is 1.73 bits per heavy atom. The van der Waals surface area contributed by atoms with Gasteiger partial charge in [0.1, 0.15) is 11.5 Å². The molecule has 1 fully saturated rings. The van der Waals surface area contributed by atoms with E-state index in [4.69, 9.17) is 21.1 Å². The molecule has 6 nitrogen and oxygen atoms in total. The third kappa shape index (κ3) is 6.13. The summed E-state index contributed by atoms with van der Waals surface area (Å²) < 4.78 is 11.2. The lowest BCUT2D eigenvalue weighted by Crippen LogP contribution is -2.48. The standard InChI is InChI=1S/C23H27ClN2O4/c1-16-4-3-5-21(17(16)2)30-14-22(27)25-19-10-12-26(13-11-19)23(28)15-29-20-8-6-18(24)7-9-20/h3-9,19H,10-15H2,1-2H3,(H,25,27). The molecule has 1 aliphatic rings. The molecule has 2 aromatic carbocycles. The van der Waals surface area contributed by atoms with E-state index in [9.17, 15) is 9.59 Å². The van der Waals surface area contributed by atoms with Crippen molar-refractivity contribution in [2.75, 3.05) is 26.3 Å². The summed E-state index contributed by atoms with van der Waals surface area (Å²) >= 11 is 5.84. The molecule has 0 unspecified atom stereocenters. The van der Waals surface area contributed by atoms with Gasteiger partial charge in [-0.3, -0.25) is 9.59 Å². The molecule has 160 valence electrons. The Hall–Kier alpha value is -2.73. The molecule has 2 aromatic rings. The van der Waals surface area contributed by atoms with Crippen molar-refractivity contribution in [2.45, 2.75) is 32.7 Å². The number of likely N-dealkylation sites (tertiary alicyclic amines) is 1. The van der Waals surface area contributed by atoms with E-state index in [0.717, 1.165) is 16.9 Å². The third-order valence-electron chi connectivity index (χ3n) is 5.30. The topological polar surface area (TPSA) is 67.9 Å². The van der Waals surface area contributed by atoms with Crippen LogP contribution in [0.25, 0.3) is 0 Å². The number of halogens is 1. The van der Waals surface area contributed by atoms with Crippen LogP contribution in [0.4, 0.5) is 0 Å². The van der Waals surface area contributed by atoms with Crippen molar-refractivity contribution in [3.63, 3.8) is 0 Å². The number of nitrogens with zero attached hydrogens (tertiary/aromatic N) is 1. The molecule has 0 aromatic heterocycles. The fraction of sp³-hybridized carbons (Fsp3) is 0.391. The molecule has 7 heteroatoms. The third-order valence-corrected chi connectivity index (χ3v) is 5.55. The zero-order valence-corrected chi connectivity index (χ0v) is 18.1. The fourth-order valence-electron chi connectivity index (χ4n) is 3.33. The summed E-state index contributed by atoms with van der Waals surface area (Å²) in [6.07, 6.45) is 1.42. The van der Waals surface area contributed by atoms with Gasteiger partial charge in [-0.05, 0) is 68.1 Å². The Balaban J connectivity index is 1.37. The number of carbonyl (C=O) groups excluding carboxylic acids is 2. The zero-order chi connectivity index (χ0) is 21.5. The molecular weight excluding hydrogens is 404 g/mol. The van der Waals surface area contributed by atoms with Gasteiger partial charge in [0.2, 0.25) is 0 Å². The molecular formula is C23H27ClN2O4. The van der Waals surface area contributed by atoms with Gasteiger partial charge in [0.05, 0.1) is 0 Å². The van der Waals surface area contributed by atoms with Crippen molar-refractivity contribution < 1.29 is 19.1 Å². The van der Waals surface area contributed by atoms with Crippen LogP contribution in [-0.4, -0.2) is 49.1 Å². The van der Waals surface area contributed by atoms with Gasteiger partial charge < -0.3 is 19.7 Å². The molecule has 1 saturated heterocycles. The van der Waals surface area contributed by atoms with E-state index in [-0.39, 0.29) is 31.1 Å². The molecule has 0 spiro atoms. The number of aryl methyl sites for hydroxylation is 1. The lowest BCUT2D eigenvalue weighted by atomic mass is 10.1. The number of piperidine rings is 1. The van der Waals surface area contributed by atoms with Crippen molar-refractivity contribution in [1.29, 1.82) is 0 Å². The molecule has 0 saturated carbocycles. The first-order chi connectivity index (χ1) is 14.4. The van der Waals surface area contributed by atoms with Gasteiger partial charge in [-0.2, -0.15) is 0 Å². The van der Waals surface area contributed by atoms with Crippen LogP contribution in [0.3, 0.4) is 0 Å². The number of nitrogens with one attached hydrogen (secondary N) is 1. The van der Waals surface area contributed by atoms with Crippen LogP contribution in [0.1, 0.15) is 24.0 Å². The highest BCUT2D eigenvalue weighted by atomic mass is 35.5. The predicted molar refractivity (Wildman–Crippen MR) is 116 cm³/mol. The van der Waals surface area contributed by atoms with Crippen LogP contribution in [0.2, 0.25) is 5.02 Å². The first-order valence-corrected chi connectivity index (χ1v) is 10.4. The Morgan fingerprint density at radius 3 is 2.43 bits per heavy atom. The molecule has 3 rings (SSSR count). The Morgan fingerprint density at radius 1 is 1.03 bits per heavy atom. The first-order valence-electron chi connectivity index (χ1n) is 10.1. The van der Waals surface area contributed by atoms with Gasteiger partial charge in [0.15, 0.2) is 13.2 Å². The van der Waals surface area contributed by atoms with Crippen molar-refractivity contribution in [3.05, 3.63) is 58.6 Å². The number of hydrogen-bond acceptors (Lipinski definition) is 4. The smallest absolute Gasteiger partial charge is 0.260 e. The van der Waals surface area contributed by atoms with E-state index in [0.29, 0.717) is 36.7 Å². The minimum Gasteiger partial charge on any atom is -0.484 e. The van der Waals surface area contributed by atoms with E-state index < -0.39 is 0 Å². The molecule has 0 radical (unpaired) electrons. The molecule has 0 aliphatic carbocycles. The van der Waals surface area contributed by atoms with E-state index in [1.807, 2.05) is 32.0 Å². The van der Waals surface area contributed by atoms with Gasteiger partial charge in [-0.15, -0.1) is 0 Å². The summed E-state index contributed by atoms with van der Waals surface area (Å²) in [6.45, 7) is 5.14. The first kappa shape index (κ1) is 22.0. The summed E-state index contributed by atoms with van der Waals surface area (Å²) in [5, 5.41) is 3.62. The van der Waals surface area contributed by atoms with E-state index in [1.54, 1.807) is 29.2 Å². The highest BCUT2D eigenvalue weighted by molar-refractivity contribution is 6.30. The second kappa shape index (κ2) is 10.3. The number of hydrogen-bond donors (Lipinski definition) is 1. The van der Waals surface area contributed by atoms with Gasteiger partial charge in [0.25, 0.3) is 11.8 Å². The van der Waals surface area contributed by atoms with Crippen LogP contribution in [0.15, 0.2) is 42.5 Å². The summed E-state index contributed by atoms with van der Waals surface area (Å²) in [5.41, 5.74) is 2.17.